The molecule has 0 heterocycles. The van der Waals surface area contributed by atoms with E-state index < -0.39 is 0 Å². The summed E-state index contributed by atoms with van der Waals surface area (Å²) in [6.07, 6.45) is 0. The van der Waals surface area contributed by atoms with E-state index in [1.807, 2.05) is 18.7 Å². The van der Waals surface area contributed by atoms with Crippen molar-refractivity contribution in [1.82, 2.24) is 5.32 Å². The molecule has 0 atom stereocenters. The third kappa shape index (κ3) is 3.53. The molecule has 1 aromatic carbocycles. The van der Waals surface area contributed by atoms with Crippen LogP contribution in [0.5, 0.6) is 0 Å². The van der Waals surface area contributed by atoms with Crippen molar-refractivity contribution in [2.45, 2.75) is 13.8 Å². The summed E-state index contributed by atoms with van der Waals surface area (Å²) >= 11 is 0. The van der Waals surface area contributed by atoms with Gasteiger partial charge in [0.1, 0.15) is 5.82 Å². The van der Waals surface area contributed by atoms with Crippen molar-refractivity contribution in [1.29, 1.82) is 0 Å². The Bertz CT molecular complexity index is 337. The predicted octanol–water partition coefficient (Wildman–Crippen LogP) is 1.79. The second kappa shape index (κ2) is 6.10. The largest absolute Gasteiger partial charge is 0.362 e. The van der Waals surface area contributed by atoms with E-state index in [0.29, 0.717) is 19.6 Å². The van der Waals surface area contributed by atoms with E-state index in [9.17, 15) is 9.18 Å². The number of halogens is 1. The molecule has 0 spiro atoms. The zero-order valence-corrected chi connectivity index (χ0v) is 9.66. The normalized spacial score (nSPS) is 9.94. The fourth-order valence-corrected chi connectivity index (χ4v) is 1.46. The number of hydrogen-bond donors (Lipinski definition) is 1. The summed E-state index contributed by atoms with van der Waals surface area (Å²) < 4.78 is 12.7. The highest BCUT2D eigenvalue weighted by molar-refractivity contribution is 5.81. The van der Waals surface area contributed by atoms with Crippen LogP contribution in [0.3, 0.4) is 0 Å². The van der Waals surface area contributed by atoms with Crippen LogP contribution in [0.25, 0.3) is 0 Å². The maximum absolute atomic E-state index is 12.7. The number of amides is 1. The first-order chi connectivity index (χ1) is 7.67. The Labute approximate surface area is 95.3 Å². The lowest BCUT2D eigenvalue weighted by Gasteiger charge is -2.22. The minimum atomic E-state index is -0.266. The zero-order chi connectivity index (χ0) is 12.0. The van der Waals surface area contributed by atoms with Crippen molar-refractivity contribution in [3.63, 3.8) is 0 Å². The van der Waals surface area contributed by atoms with Crippen LogP contribution in [0.15, 0.2) is 24.3 Å². The van der Waals surface area contributed by atoms with Crippen molar-refractivity contribution in [2.75, 3.05) is 24.5 Å². The van der Waals surface area contributed by atoms with Crippen molar-refractivity contribution in [3.8, 4) is 0 Å². The highest BCUT2D eigenvalue weighted by Crippen LogP contribution is 2.13. The van der Waals surface area contributed by atoms with Crippen LogP contribution in [0.4, 0.5) is 10.1 Å². The number of hydrogen-bond acceptors (Lipinski definition) is 2. The summed E-state index contributed by atoms with van der Waals surface area (Å²) in [7, 11) is 0. The summed E-state index contributed by atoms with van der Waals surface area (Å²) in [4.78, 5) is 13.3. The Morgan fingerprint density at radius 1 is 1.31 bits per heavy atom. The highest BCUT2D eigenvalue weighted by atomic mass is 19.1. The Hall–Kier alpha value is -1.58. The minimum absolute atomic E-state index is 0.0197. The van der Waals surface area contributed by atoms with E-state index in [-0.39, 0.29) is 11.7 Å². The molecule has 0 saturated heterocycles. The quantitative estimate of drug-likeness (QED) is 0.827. The molecule has 1 aromatic rings. The van der Waals surface area contributed by atoms with E-state index in [1.165, 1.54) is 12.1 Å². The average Bonchev–Trinajstić information content (AvgIpc) is 2.27. The minimum Gasteiger partial charge on any atom is -0.362 e. The van der Waals surface area contributed by atoms with Gasteiger partial charge in [-0.3, -0.25) is 4.79 Å². The van der Waals surface area contributed by atoms with Gasteiger partial charge >= 0.3 is 0 Å². The molecule has 0 aromatic heterocycles. The molecule has 0 aliphatic rings. The molecule has 1 N–H and O–H groups in total. The number of nitrogens with zero attached hydrogens (tertiary/aromatic N) is 1. The third-order valence-electron chi connectivity index (χ3n) is 2.28. The number of likely N-dealkylation sites (N-methyl/N-ethyl adjacent to an activating group) is 2. The Morgan fingerprint density at radius 2 is 1.94 bits per heavy atom. The van der Waals surface area contributed by atoms with E-state index >= 15 is 0 Å². The van der Waals surface area contributed by atoms with E-state index in [4.69, 9.17) is 0 Å². The van der Waals surface area contributed by atoms with Gasteiger partial charge in [-0.15, -0.1) is 0 Å². The van der Waals surface area contributed by atoms with Crippen molar-refractivity contribution >= 4 is 11.6 Å². The van der Waals surface area contributed by atoms with Crippen LogP contribution in [-0.4, -0.2) is 25.5 Å². The number of carbonyl (C=O) groups excluding carboxylic acids is 1. The molecule has 0 bridgehead atoms. The molecule has 4 heteroatoms. The number of anilines is 1. The van der Waals surface area contributed by atoms with Crippen molar-refractivity contribution in [2.24, 2.45) is 0 Å². The highest BCUT2D eigenvalue weighted by Gasteiger charge is 2.08. The van der Waals surface area contributed by atoms with Gasteiger partial charge in [0.15, 0.2) is 0 Å². The average molecular weight is 224 g/mol. The number of rotatable bonds is 5. The summed E-state index contributed by atoms with van der Waals surface area (Å²) in [5.74, 6) is -0.286. The van der Waals surface area contributed by atoms with Gasteiger partial charge in [-0.05, 0) is 38.1 Å². The first-order valence-electron chi connectivity index (χ1n) is 5.44. The summed E-state index contributed by atoms with van der Waals surface area (Å²) in [6, 6.07) is 6.15. The van der Waals surface area contributed by atoms with Crippen LogP contribution in [-0.2, 0) is 4.79 Å². The number of benzene rings is 1. The molecular formula is C12H17FN2O. The summed E-state index contributed by atoms with van der Waals surface area (Å²) in [5, 5.41) is 2.74. The molecule has 3 nitrogen and oxygen atoms in total. The maximum Gasteiger partial charge on any atom is 0.239 e. The Balaban J connectivity index is 2.67. The van der Waals surface area contributed by atoms with E-state index in [0.717, 1.165) is 5.69 Å². The number of nitrogens with one attached hydrogen (secondary N) is 1. The van der Waals surface area contributed by atoms with E-state index in [2.05, 4.69) is 5.32 Å². The summed E-state index contributed by atoms with van der Waals surface area (Å²) in [6.45, 7) is 5.48. The third-order valence-corrected chi connectivity index (χ3v) is 2.28. The molecular weight excluding hydrogens is 207 g/mol. The lowest BCUT2D eigenvalue weighted by atomic mass is 10.2. The second-order valence-corrected chi connectivity index (χ2v) is 3.44. The van der Waals surface area contributed by atoms with Gasteiger partial charge in [-0.1, -0.05) is 0 Å². The van der Waals surface area contributed by atoms with Gasteiger partial charge in [0.05, 0.1) is 6.54 Å². The lowest BCUT2D eigenvalue weighted by molar-refractivity contribution is -0.119. The van der Waals surface area contributed by atoms with Gasteiger partial charge in [0.25, 0.3) is 0 Å². The van der Waals surface area contributed by atoms with Crippen molar-refractivity contribution in [3.05, 3.63) is 30.1 Å². The molecule has 0 radical (unpaired) electrons. The zero-order valence-electron chi connectivity index (χ0n) is 9.66. The summed E-state index contributed by atoms with van der Waals surface area (Å²) in [5.41, 5.74) is 0.857. The van der Waals surface area contributed by atoms with Crippen LogP contribution in [0.1, 0.15) is 13.8 Å². The fourth-order valence-electron chi connectivity index (χ4n) is 1.46. The van der Waals surface area contributed by atoms with Crippen LogP contribution in [0, 0.1) is 5.82 Å². The second-order valence-electron chi connectivity index (χ2n) is 3.44. The molecule has 0 aliphatic carbocycles. The van der Waals surface area contributed by atoms with Crippen LogP contribution >= 0.6 is 0 Å². The Kier molecular flexibility index (Phi) is 4.76. The monoisotopic (exact) mass is 224 g/mol. The van der Waals surface area contributed by atoms with Gasteiger partial charge in [-0.2, -0.15) is 0 Å². The first kappa shape index (κ1) is 12.5. The van der Waals surface area contributed by atoms with Crippen molar-refractivity contribution < 1.29 is 9.18 Å². The lowest BCUT2D eigenvalue weighted by Crippen LogP contribution is -2.37. The smallest absolute Gasteiger partial charge is 0.239 e. The molecule has 0 saturated carbocycles. The molecule has 16 heavy (non-hydrogen) atoms. The molecule has 1 rings (SSSR count). The van der Waals surface area contributed by atoms with Gasteiger partial charge in [0.2, 0.25) is 5.91 Å². The van der Waals surface area contributed by atoms with E-state index in [1.54, 1.807) is 12.1 Å². The fraction of sp³-hybridized carbons (Fsp3) is 0.417. The van der Waals surface area contributed by atoms with Crippen LogP contribution in [0.2, 0.25) is 0 Å². The molecule has 0 aliphatic heterocycles. The first-order valence-corrected chi connectivity index (χ1v) is 5.44. The standard InChI is InChI=1S/C12H17FN2O/c1-3-14-12(16)9-15(4-2)11-7-5-10(13)6-8-11/h5-8H,3-4,9H2,1-2H3,(H,14,16). The van der Waals surface area contributed by atoms with Gasteiger partial charge < -0.3 is 10.2 Å². The number of carbonyl (C=O) groups is 1. The van der Waals surface area contributed by atoms with Gasteiger partial charge in [-0.25, -0.2) is 4.39 Å². The topological polar surface area (TPSA) is 32.3 Å². The Morgan fingerprint density at radius 3 is 2.44 bits per heavy atom. The molecule has 1 amide bonds. The molecule has 0 unspecified atom stereocenters. The van der Waals surface area contributed by atoms with Crippen LogP contribution < -0.4 is 10.2 Å². The molecule has 0 fully saturated rings. The predicted molar refractivity (Wildman–Crippen MR) is 63.0 cm³/mol. The molecule has 88 valence electrons. The SMILES string of the molecule is CCNC(=O)CN(CC)c1ccc(F)cc1. The van der Waals surface area contributed by atoms with Gasteiger partial charge in [0, 0.05) is 18.8 Å². The maximum atomic E-state index is 12.7.